The Balaban J connectivity index is 1.90. The fourth-order valence-corrected chi connectivity index (χ4v) is 2.20. The van der Waals surface area contributed by atoms with Crippen LogP contribution in [0.1, 0.15) is 5.56 Å². The minimum atomic E-state index is -0.130. The van der Waals surface area contributed by atoms with Gasteiger partial charge in [0.2, 0.25) is 5.91 Å². The molecule has 0 heterocycles. The molecule has 20 heavy (non-hydrogen) atoms. The molecule has 0 fully saturated rings. The highest BCUT2D eigenvalue weighted by atomic mass is 127. The van der Waals surface area contributed by atoms with Crippen LogP contribution >= 0.6 is 22.6 Å². The van der Waals surface area contributed by atoms with Crippen molar-refractivity contribution in [1.29, 1.82) is 5.26 Å². The molecular weight excluding hydrogens is 365 g/mol. The molecule has 0 atom stereocenters. The van der Waals surface area contributed by atoms with E-state index in [1.54, 1.807) is 18.2 Å². The lowest BCUT2D eigenvalue weighted by Gasteiger charge is -2.08. The fraction of sp³-hybridized carbons (Fsp3) is 0.0667. The maximum absolute atomic E-state index is 11.8. The summed E-state index contributed by atoms with van der Waals surface area (Å²) in [6.45, 7) is 0.153. The van der Waals surface area contributed by atoms with E-state index >= 15 is 0 Å². The maximum atomic E-state index is 11.8. The molecule has 2 N–H and O–H groups in total. The Morgan fingerprint density at radius 3 is 2.65 bits per heavy atom. The molecule has 0 aliphatic heterocycles. The van der Waals surface area contributed by atoms with Gasteiger partial charge in [0.25, 0.3) is 0 Å². The van der Waals surface area contributed by atoms with Crippen LogP contribution < -0.4 is 10.6 Å². The number of halogens is 1. The van der Waals surface area contributed by atoms with Crippen molar-refractivity contribution in [1.82, 2.24) is 0 Å². The van der Waals surface area contributed by atoms with Gasteiger partial charge in [0, 0.05) is 14.9 Å². The van der Waals surface area contributed by atoms with Crippen LogP contribution in [0.3, 0.4) is 0 Å². The van der Waals surface area contributed by atoms with Gasteiger partial charge in [0.1, 0.15) is 0 Å². The zero-order valence-electron chi connectivity index (χ0n) is 10.6. The van der Waals surface area contributed by atoms with Crippen LogP contribution in [-0.2, 0) is 4.79 Å². The zero-order chi connectivity index (χ0) is 14.4. The van der Waals surface area contributed by atoms with Gasteiger partial charge in [-0.2, -0.15) is 5.26 Å². The molecule has 2 aromatic rings. The first-order valence-electron chi connectivity index (χ1n) is 5.97. The average molecular weight is 377 g/mol. The second-order valence-corrected chi connectivity index (χ2v) is 5.35. The number of anilines is 2. The zero-order valence-corrected chi connectivity index (χ0v) is 12.7. The third-order valence-electron chi connectivity index (χ3n) is 2.55. The summed E-state index contributed by atoms with van der Waals surface area (Å²) < 4.78 is 1.06. The minimum Gasteiger partial charge on any atom is -0.376 e. The summed E-state index contributed by atoms with van der Waals surface area (Å²) in [7, 11) is 0. The first-order chi connectivity index (χ1) is 9.67. The van der Waals surface area contributed by atoms with Crippen molar-refractivity contribution in [3.05, 3.63) is 57.7 Å². The van der Waals surface area contributed by atoms with E-state index in [0.717, 1.165) is 14.9 Å². The van der Waals surface area contributed by atoms with Gasteiger partial charge in [-0.15, -0.1) is 0 Å². The van der Waals surface area contributed by atoms with E-state index < -0.39 is 0 Å². The van der Waals surface area contributed by atoms with Crippen molar-refractivity contribution < 1.29 is 4.79 Å². The molecule has 0 aliphatic rings. The first kappa shape index (κ1) is 14.3. The highest BCUT2D eigenvalue weighted by Gasteiger charge is 2.03. The molecule has 1 amide bonds. The summed E-state index contributed by atoms with van der Waals surface area (Å²) in [5, 5.41) is 14.6. The summed E-state index contributed by atoms with van der Waals surface area (Å²) in [4.78, 5) is 11.8. The van der Waals surface area contributed by atoms with Gasteiger partial charge in [-0.25, -0.2) is 0 Å². The Morgan fingerprint density at radius 2 is 1.90 bits per heavy atom. The Kier molecular flexibility index (Phi) is 4.96. The molecule has 0 aliphatic carbocycles. The van der Waals surface area contributed by atoms with Crippen LogP contribution in [0.5, 0.6) is 0 Å². The predicted octanol–water partition coefficient (Wildman–Crippen LogP) is 3.21. The van der Waals surface area contributed by atoms with Gasteiger partial charge >= 0.3 is 0 Å². The number of hydrogen-bond donors (Lipinski definition) is 2. The van der Waals surface area contributed by atoms with Gasteiger partial charge in [-0.05, 0) is 59.0 Å². The van der Waals surface area contributed by atoms with Gasteiger partial charge in [0.05, 0.1) is 18.2 Å². The van der Waals surface area contributed by atoms with E-state index in [9.17, 15) is 4.79 Å². The lowest BCUT2D eigenvalue weighted by Crippen LogP contribution is -2.21. The monoisotopic (exact) mass is 377 g/mol. The third-order valence-corrected chi connectivity index (χ3v) is 3.22. The number of carbonyl (C=O) groups excluding carboxylic acids is 1. The predicted molar refractivity (Wildman–Crippen MR) is 87.4 cm³/mol. The van der Waals surface area contributed by atoms with E-state index in [1.165, 1.54) is 0 Å². The van der Waals surface area contributed by atoms with Crippen molar-refractivity contribution >= 4 is 39.9 Å². The van der Waals surface area contributed by atoms with Gasteiger partial charge < -0.3 is 10.6 Å². The lowest BCUT2D eigenvalue weighted by atomic mass is 10.2. The number of carbonyl (C=O) groups is 1. The average Bonchev–Trinajstić information content (AvgIpc) is 2.45. The van der Waals surface area contributed by atoms with E-state index in [-0.39, 0.29) is 12.5 Å². The van der Waals surface area contributed by atoms with Gasteiger partial charge in [-0.1, -0.05) is 12.1 Å². The summed E-state index contributed by atoms with van der Waals surface area (Å²) in [6, 6.07) is 16.7. The lowest BCUT2D eigenvalue weighted by molar-refractivity contribution is -0.114. The number of nitrogens with one attached hydrogen (secondary N) is 2. The number of nitrogens with zero attached hydrogens (tertiary/aromatic N) is 1. The molecule has 0 aromatic heterocycles. The second kappa shape index (κ2) is 6.91. The highest BCUT2D eigenvalue weighted by molar-refractivity contribution is 14.1. The Labute approximate surface area is 130 Å². The molecule has 100 valence electrons. The number of rotatable bonds is 4. The van der Waals surface area contributed by atoms with E-state index in [4.69, 9.17) is 5.26 Å². The summed E-state index contributed by atoms with van der Waals surface area (Å²) in [5.41, 5.74) is 2.09. The molecule has 0 spiro atoms. The number of hydrogen-bond acceptors (Lipinski definition) is 3. The molecule has 5 heteroatoms. The molecule has 0 saturated heterocycles. The van der Waals surface area contributed by atoms with Crippen molar-refractivity contribution in [2.24, 2.45) is 0 Å². The van der Waals surface area contributed by atoms with E-state index in [0.29, 0.717) is 5.56 Å². The van der Waals surface area contributed by atoms with Crippen molar-refractivity contribution in [3.63, 3.8) is 0 Å². The van der Waals surface area contributed by atoms with Gasteiger partial charge in [-0.3, -0.25) is 4.79 Å². The van der Waals surface area contributed by atoms with Crippen molar-refractivity contribution in [3.8, 4) is 6.07 Å². The quantitative estimate of drug-likeness (QED) is 0.805. The SMILES string of the molecule is N#Cc1cccc(NCC(=O)Nc2cccc(I)c2)c1. The van der Waals surface area contributed by atoms with Crippen LogP contribution in [0.2, 0.25) is 0 Å². The molecule has 2 aromatic carbocycles. The molecule has 0 unspecified atom stereocenters. The maximum Gasteiger partial charge on any atom is 0.243 e. The topological polar surface area (TPSA) is 64.9 Å². The van der Waals surface area contributed by atoms with Crippen LogP contribution in [0.15, 0.2) is 48.5 Å². The largest absolute Gasteiger partial charge is 0.376 e. The van der Waals surface area contributed by atoms with Crippen molar-refractivity contribution in [2.45, 2.75) is 0 Å². The molecule has 2 rings (SSSR count). The molecular formula is C15H12IN3O. The summed E-state index contributed by atoms with van der Waals surface area (Å²) >= 11 is 2.19. The van der Waals surface area contributed by atoms with Crippen LogP contribution in [0, 0.1) is 14.9 Å². The van der Waals surface area contributed by atoms with Crippen LogP contribution in [0.4, 0.5) is 11.4 Å². The summed E-state index contributed by atoms with van der Waals surface area (Å²) in [5.74, 6) is -0.130. The van der Waals surface area contributed by atoms with Crippen LogP contribution in [0.25, 0.3) is 0 Å². The summed E-state index contributed by atoms with van der Waals surface area (Å²) in [6.07, 6.45) is 0. The second-order valence-electron chi connectivity index (χ2n) is 4.10. The standard InChI is InChI=1S/C15H12IN3O/c16-12-4-2-6-14(8-12)19-15(20)10-18-13-5-1-3-11(7-13)9-17/h1-8,18H,10H2,(H,19,20). The molecule has 0 radical (unpaired) electrons. The number of amides is 1. The van der Waals surface area contributed by atoms with E-state index in [1.807, 2.05) is 30.3 Å². The normalized spacial score (nSPS) is 9.60. The van der Waals surface area contributed by atoms with Crippen molar-refractivity contribution in [2.75, 3.05) is 17.2 Å². The number of benzene rings is 2. The Hall–Kier alpha value is -2.07. The smallest absolute Gasteiger partial charge is 0.243 e. The highest BCUT2D eigenvalue weighted by Crippen LogP contribution is 2.13. The third kappa shape index (κ3) is 4.24. The first-order valence-corrected chi connectivity index (χ1v) is 7.05. The van der Waals surface area contributed by atoms with E-state index in [2.05, 4.69) is 39.3 Å². The van der Waals surface area contributed by atoms with Gasteiger partial charge in [0.15, 0.2) is 0 Å². The minimum absolute atomic E-state index is 0.130. The molecule has 4 nitrogen and oxygen atoms in total. The Bertz CT molecular complexity index is 664. The fourth-order valence-electron chi connectivity index (χ4n) is 1.65. The Morgan fingerprint density at radius 1 is 1.15 bits per heavy atom. The van der Waals surface area contributed by atoms with Crippen LogP contribution in [-0.4, -0.2) is 12.5 Å². The molecule has 0 bridgehead atoms. The number of nitriles is 1. The molecule has 0 saturated carbocycles.